The zero-order valence-corrected chi connectivity index (χ0v) is 14.5. The summed E-state index contributed by atoms with van der Waals surface area (Å²) in [5, 5.41) is 14.5. The van der Waals surface area contributed by atoms with E-state index in [-0.39, 0.29) is 11.6 Å². The van der Waals surface area contributed by atoms with Gasteiger partial charge in [-0.2, -0.15) is 0 Å². The molecule has 0 aliphatic rings. The number of nitrogens with zero attached hydrogens (tertiary/aromatic N) is 2. The molecule has 0 saturated carbocycles. The van der Waals surface area contributed by atoms with E-state index in [1.807, 2.05) is 30.3 Å². The number of aromatic nitrogens is 1. The first-order valence-corrected chi connectivity index (χ1v) is 8.37. The van der Waals surface area contributed by atoms with Crippen LogP contribution < -0.4 is 5.32 Å². The maximum Gasteiger partial charge on any atom is 0.274 e. The monoisotopic (exact) mass is 353 g/mol. The summed E-state index contributed by atoms with van der Waals surface area (Å²) in [6.45, 7) is 3.39. The molecule has 25 heavy (non-hydrogen) atoms. The number of hydrogen-bond donors (Lipinski definition) is 1. The Bertz CT molecular complexity index is 951. The van der Waals surface area contributed by atoms with Gasteiger partial charge in [-0.3, -0.25) is 14.9 Å². The minimum Gasteiger partial charge on any atom is -0.321 e. The highest BCUT2D eigenvalue weighted by atomic mass is 32.1. The number of amides is 1. The average Bonchev–Trinajstić information content (AvgIpc) is 2.99. The molecule has 1 heterocycles. The van der Waals surface area contributed by atoms with Crippen LogP contribution in [0, 0.1) is 24.0 Å². The Kier molecular flexibility index (Phi) is 4.58. The molecule has 0 saturated heterocycles. The van der Waals surface area contributed by atoms with Gasteiger partial charge >= 0.3 is 0 Å². The molecule has 0 atom stereocenters. The molecule has 0 spiro atoms. The number of benzene rings is 2. The predicted molar refractivity (Wildman–Crippen MR) is 98.1 cm³/mol. The number of nitro groups is 1. The third-order valence-electron chi connectivity index (χ3n) is 3.77. The van der Waals surface area contributed by atoms with Crippen LogP contribution in [0.4, 0.5) is 11.4 Å². The van der Waals surface area contributed by atoms with Crippen molar-refractivity contribution in [2.24, 2.45) is 0 Å². The number of anilines is 1. The molecular weight excluding hydrogens is 338 g/mol. The van der Waals surface area contributed by atoms with Crippen molar-refractivity contribution in [1.82, 2.24) is 4.98 Å². The van der Waals surface area contributed by atoms with Crippen molar-refractivity contribution in [3.05, 3.63) is 74.8 Å². The number of thiazole rings is 1. The third-order valence-corrected chi connectivity index (χ3v) is 4.98. The van der Waals surface area contributed by atoms with E-state index in [0.717, 1.165) is 10.6 Å². The van der Waals surface area contributed by atoms with Crippen molar-refractivity contribution in [2.45, 2.75) is 13.8 Å². The number of rotatable bonds is 4. The molecule has 3 aromatic rings. The van der Waals surface area contributed by atoms with Gasteiger partial charge in [-0.1, -0.05) is 36.4 Å². The molecule has 6 nitrogen and oxygen atoms in total. The summed E-state index contributed by atoms with van der Waals surface area (Å²) < 4.78 is 0. The summed E-state index contributed by atoms with van der Waals surface area (Å²) in [6, 6.07) is 14.2. The summed E-state index contributed by atoms with van der Waals surface area (Å²) in [7, 11) is 0. The van der Waals surface area contributed by atoms with Gasteiger partial charge < -0.3 is 5.32 Å². The third kappa shape index (κ3) is 3.41. The second-order valence-corrected chi connectivity index (χ2v) is 6.46. The lowest BCUT2D eigenvalue weighted by atomic mass is 10.1. The van der Waals surface area contributed by atoms with Gasteiger partial charge in [0, 0.05) is 11.6 Å². The number of carbonyl (C=O) groups is 1. The molecule has 0 bridgehead atoms. The first-order valence-electron chi connectivity index (χ1n) is 7.55. The highest BCUT2D eigenvalue weighted by Crippen LogP contribution is 2.30. The van der Waals surface area contributed by atoms with Crippen LogP contribution in [0.5, 0.6) is 0 Å². The fourth-order valence-corrected chi connectivity index (χ4v) is 3.41. The Morgan fingerprint density at radius 1 is 1.12 bits per heavy atom. The summed E-state index contributed by atoms with van der Waals surface area (Å²) in [5.74, 6) is -0.319. The van der Waals surface area contributed by atoms with E-state index in [2.05, 4.69) is 10.3 Å². The maximum atomic E-state index is 12.6. The maximum absolute atomic E-state index is 12.6. The van der Waals surface area contributed by atoms with Crippen LogP contribution in [0.15, 0.2) is 48.5 Å². The van der Waals surface area contributed by atoms with Crippen molar-refractivity contribution in [3.63, 3.8) is 0 Å². The van der Waals surface area contributed by atoms with Crippen molar-refractivity contribution in [3.8, 4) is 10.6 Å². The van der Waals surface area contributed by atoms with Crippen LogP contribution in [-0.2, 0) is 0 Å². The Morgan fingerprint density at radius 3 is 2.52 bits per heavy atom. The first-order chi connectivity index (χ1) is 12.0. The second kappa shape index (κ2) is 6.82. The highest BCUT2D eigenvalue weighted by Gasteiger charge is 2.19. The molecule has 0 aliphatic carbocycles. The molecule has 2 aromatic carbocycles. The summed E-state index contributed by atoms with van der Waals surface area (Å²) in [4.78, 5) is 28.1. The zero-order valence-electron chi connectivity index (χ0n) is 13.6. The molecule has 7 heteroatoms. The van der Waals surface area contributed by atoms with Gasteiger partial charge in [0.05, 0.1) is 21.9 Å². The molecule has 0 radical (unpaired) electrons. The number of hydrogen-bond acceptors (Lipinski definition) is 5. The van der Waals surface area contributed by atoms with Crippen LogP contribution in [0.25, 0.3) is 10.6 Å². The largest absolute Gasteiger partial charge is 0.321 e. The lowest BCUT2D eigenvalue weighted by molar-refractivity contribution is -0.385. The molecule has 3 rings (SSSR count). The first kappa shape index (κ1) is 16.8. The smallest absolute Gasteiger partial charge is 0.274 e. The minimum absolute atomic E-state index is 0.0243. The molecule has 1 aromatic heterocycles. The van der Waals surface area contributed by atoms with Crippen molar-refractivity contribution in [2.75, 3.05) is 5.32 Å². The Morgan fingerprint density at radius 2 is 1.84 bits per heavy atom. The van der Waals surface area contributed by atoms with Gasteiger partial charge in [0.2, 0.25) is 0 Å². The van der Waals surface area contributed by atoms with Gasteiger partial charge in [-0.05, 0) is 19.9 Å². The lowest BCUT2D eigenvalue weighted by Gasteiger charge is -2.07. The quantitative estimate of drug-likeness (QED) is 0.549. The van der Waals surface area contributed by atoms with Gasteiger partial charge in [0.1, 0.15) is 9.88 Å². The Hall–Kier alpha value is -3.06. The van der Waals surface area contributed by atoms with E-state index in [0.29, 0.717) is 21.8 Å². The number of nitro benzene ring substituents is 1. The lowest BCUT2D eigenvalue weighted by Crippen LogP contribution is -2.13. The van der Waals surface area contributed by atoms with E-state index in [1.54, 1.807) is 26.0 Å². The number of aryl methyl sites for hydroxylation is 1. The van der Waals surface area contributed by atoms with Crippen LogP contribution in [0.1, 0.15) is 20.9 Å². The van der Waals surface area contributed by atoms with E-state index in [9.17, 15) is 14.9 Å². The normalized spacial score (nSPS) is 10.5. The van der Waals surface area contributed by atoms with E-state index in [1.165, 1.54) is 17.4 Å². The molecule has 1 amide bonds. The standard InChI is InChI=1S/C18H15N3O3S/c1-11-14(9-6-10-15(11)21(23)24)20-17(22)16-12(2)19-18(25-16)13-7-4-3-5-8-13/h3-10H,1-2H3,(H,20,22). The summed E-state index contributed by atoms with van der Waals surface area (Å²) >= 11 is 1.30. The SMILES string of the molecule is Cc1nc(-c2ccccc2)sc1C(=O)Nc1cccc([N+](=O)[O-])c1C. The topological polar surface area (TPSA) is 85.1 Å². The summed E-state index contributed by atoms with van der Waals surface area (Å²) in [5.41, 5.74) is 2.40. The fraction of sp³-hybridized carbons (Fsp3) is 0.111. The van der Waals surface area contributed by atoms with Gasteiger partial charge in [-0.25, -0.2) is 4.98 Å². The second-order valence-electron chi connectivity index (χ2n) is 5.46. The van der Waals surface area contributed by atoms with Crippen LogP contribution in [0.2, 0.25) is 0 Å². The molecule has 0 fully saturated rings. The van der Waals surface area contributed by atoms with E-state index in [4.69, 9.17) is 0 Å². The fourth-order valence-electron chi connectivity index (χ4n) is 2.45. The molecule has 0 aliphatic heterocycles. The van der Waals surface area contributed by atoms with Gasteiger partial charge in [0.15, 0.2) is 0 Å². The Balaban J connectivity index is 1.89. The van der Waals surface area contributed by atoms with Crippen molar-refractivity contribution < 1.29 is 9.72 Å². The van der Waals surface area contributed by atoms with E-state index < -0.39 is 4.92 Å². The van der Waals surface area contributed by atoms with Crippen molar-refractivity contribution >= 4 is 28.6 Å². The number of nitrogens with one attached hydrogen (secondary N) is 1. The van der Waals surface area contributed by atoms with Gasteiger partial charge in [0.25, 0.3) is 11.6 Å². The van der Waals surface area contributed by atoms with Crippen LogP contribution in [0.3, 0.4) is 0 Å². The summed E-state index contributed by atoms with van der Waals surface area (Å²) in [6.07, 6.45) is 0. The zero-order chi connectivity index (χ0) is 18.0. The predicted octanol–water partition coefficient (Wildman–Crippen LogP) is 4.59. The Labute approximate surface area is 148 Å². The van der Waals surface area contributed by atoms with Crippen LogP contribution in [-0.4, -0.2) is 15.8 Å². The average molecular weight is 353 g/mol. The van der Waals surface area contributed by atoms with Gasteiger partial charge in [-0.15, -0.1) is 11.3 Å². The van der Waals surface area contributed by atoms with Crippen molar-refractivity contribution in [1.29, 1.82) is 0 Å². The van der Waals surface area contributed by atoms with E-state index >= 15 is 0 Å². The molecule has 0 unspecified atom stereocenters. The van der Waals surface area contributed by atoms with Crippen LogP contribution >= 0.6 is 11.3 Å². The number of carbonyl (C=O) groups excluding carboxylic acids is 1. The minimum atomic E-state index is -0.462. The molecule has 1 N–H and O–H groups in total. The molecule has 126 valence electrons. The molecular formula is C18H15N3O3S. The highest BCUT2D eigenvalue weighted by molar-refractivity contribution is 7.17.